The van der Waals surface area contributed by atoms with Gasteiger partial charge in [-0.25, -0.2) is 14.2 Å². The zero-order valence-corrected chi connectivity index (χ0v) is 14.7. The summed E-state index contributed by atoms with van der Waals surface area (Å²) in [7, 11) is 1.84. The fourth-order valence-electron chi connectivity index (χ4n) is 3.47. The van der Waals surface area contributed by atoms with Crippen LogP contribution < -0.4 is 10.6 Å². The van der Waals surface area contributed by atoms with Crippen LogP contribution in [0, 0.1) is 12.7 Å². The first-order valence-electron chi connectivity index (χ1n) is 8.62. The number of hydrogen-bond donors (Lipinski definition) is 2. The SMILES string of the molecule is Cc1nn(C)c2ncc(NC(=O)NC3CC(c4ccc(F)cc4)C3)cc12. The first-order valence-corrected chi connectivity index (χ1v) is 8.62. The zero-order valence-electron chi connectivity index (χ0n) is 14.7. The first-order chi connectivity index (χ1) is 12.5. The van der Waals surface area contributed by atoms with Gasteiger partial charge in [-0.1, -0.05) is 12.1 Å². The Balaban J connectivity index is 1.33. The van der Waals surface area contributed by atoms with Crippen molar-refractivity contribution in [2.45, 2.75) is 31.7 Å². The van der Waals surface area contributed by atoms with Crippen molar-refractivity contribution >= 4 is 22.8 Å². The number of anilines is 1. The van der Waals surface area contributed by atoms with Crippen molar-refractivity contribution in [3.63, 3.8) is 0 Å². The minimum absolute atomic E-state index is 0.127. The summed E-state index contributed by atoms with van der Waals surface area (Å²) < 4.78 is 14.7. The summed E-state index contributed by atoms with van der Waals surface area (Å²) in [5.41, 5.74) is 3.42. The molecule has 0 aliphatic heterocycles. The van der Waals surface area contributed by atoms with Gasteiger partial charge in [-0.15, -0.1) is 0 Å². The van der Waals surface area contributed by atoms with Gasteiger partial charge in [0, 0.05) is 18.5 Å². The molecule has 0 bridgehead atoms. The van der Waals surface area contributed by atoms with Crippen LogP contribution in [0.1, 0.15) is 30.0 Å². The number of fused-ring (bicyclic) bond motifs is 1. The Morgan fingerprint density at radius 3 is 2.73 bits per heavy atom. The number of amides is 2. The van der Waals surface area contributed by atoms with Gasteiger partial charge in [-0.2, -0.15) is 5.10 Å². The Morgan fingerprint density at radius 2 is 2.00 bits per heavy atom. The number of nitrogens with one attached hydrogen (secondary N) is 2. The number of pyridine rings is 1. The quantitative estimate of drug-likeness (QED) is 0.757. The molecule has 0 spiro atoms. The molecule has 2 amide bonds. The van der Waals surface area contributed by atoms with E-state index in [9.17, 15) is 9.18 Å². The van der Waals surface area contributed by atoms with Gasteiger partial charge >= 0.3 is 6.03 Å². The van der Waals surface area contributed by atoms with Crippen LogP contribution in [0.25, 0.3) is 11.0 Å². The molecule has 2 aromatic heterocycles. The first kappa shape index (κ1) is 16.5. The molecule has 2 N–H and O–H groups in total. The maximum absolute atomic E-state index is 13.0. The molecular formula is C19H20FN5O. The number of hydrogen-bond acceptors (Lipinski definition) is 3. The Kier molecular flexibility index (Phi) is 4.06. The third kappa shape index (κ3) is 3.12. The molecule has 7 heteroatoms. The predicted molar refractivity (Wildman–Crippen MR) is 97.6 cm³/mol. The van der Waals surface area contributed by atoms with Crippen LogP contribution in [0.4, 0.5) is 14.9 Å². The van der Waals surface area contributed by atoms with Crippen molar-refractivity contribution in [1.29, 1.82) is 0 Å². The van der Waals surface area contributed by atoms with Gasteiger partial charge in [-0.05, 0) is 49.4 Å². The van der Waals surface area contributed by atoms with Gasteiger partial charge in [0.25, 0.3) is 0 Å². The average Bonchev–Trinajstić information content (AvgIpc) is 2.86. The van der Waals surface area contributed by atoms with Crippen LogP contribution in [-0.4, -0.2) is 26.8 Å². The second-order valence-corrected chi connectivity index (χ2v) is 6.82. The highest BCUT2D eigenvalue weighted by Gasteiger charge is 2.31. The number of benzene rings is 1. The van der Waals surface area contributed by atoms with Crippen LogP contribution in [-0.2, 0) is 7.05 Å². The Labute approximate surface area is 150 Å². The van der Waals surface area contributed by atoms with Crippen molar-refractivity contribution in [3.8, 4) is 0 Å². The summed E-state index contributed by atoms with van der Waals surface area (Å²) in [6, 6.07) is 8.35. The normalized spacial score (nSPS) is 19.2. The number of nitrogens with zero attached hydrogens (tertiary/aromatic N) is 3. The molecule has 1 aliphatic carbocycles. The molecule has 0 radical (unpaired) electrons. The molecule has 0 saturated heterocycles. The number of aromatic nitrogens is 3. The summed E-state index contributed by atoms with van der Waals surface area (Å²) in [6.45, 7) is 1.91. The molecule has 1 saturated carbocycles. The molecular weight excluding hydrogens is 333 g/mol. The van der Waals surface area contributed by atoms with Crippen LogP contribution in [0.3, 0.4) is 0 Å². The van der Waals surface area contributed by atoms with Crippen molar-refractivity contribution in [1.82, 2.24) is 20.1 Å². The fourth-order valence-corrected chi connectivity index (χ4v) is 3.47. The number of carbonyl (C=O) groups excluding carboxylic acids is 1. The van der Waals surface area contributed by atoms with Gasteiger partial charge < -0.3 is 10.6 Å². The van der Waals surface area contributed by atoms with Crippen LogP contribution in [0.5, 0.6) is 0 Å². The maximum Gasteiger partial charge on any atom is 0.319 e. The minimum Gasteiger partial charge on any atom is -0.335 e. The van der Waals surface area contributed by atoms with Crippen molar-refractivity contribution < 1.29 is 9.18 Å². The molecule has 4 rings (SSSR count). The molecule has 26 heavy (non-hydrogen) atoms. The second-order valence-electron chi connectivity index (χ2n) is 6.82. The van der Waals surface area contributed by atoms with Crippen molar-refractivity contribution in [2.75, 3.05) is 5.32 Å². The zero-order chi connectivity index (χ0) is 18.3. The third-order valence-corrected chi connectivity index (χ3v) is 4.94. The Bertz CT molecular complexity index is 960. The molecule has 134 valence electrons. The van der Waals surface area contributed by atoms with Gasteiger partial charge in [0.15, 0.2) is 5.65 Å². The number of halogens is 1. The lowest BCUT2D eigenvalue weighted by molar-refractivity contribution is 0.233. The van der Waals surface area contributed by atoms with Gasteiger partial charge in [-0.3, -0.25) is 4.68 Å². The van der Waals surface area contributed by atoms with Gasteiger partial charge in [0.2, 0.25) is 0 Å². The highest BCUT2D eigenvalue weighted by Crippen LogP contribution is 2.36. The van der Waals surface area contributed by atoms with E-state index in [-0.39, 0.29) is 17.9 Å². The largest absolute Gasteiger partial charge is 0.335 e. The molecule has 3 aromatic rings. The monoisotopic (exact) mass is 353 g/mol. The van der Waals surface area contributed by atoms with E-state index in [1.54, 1.807) is 10.9 Å². The van der Waals surface area contributed by atoms with Crippen molar-refractivity contribution in [2.24, 2.45) is 7.05 Å². The van der Waals surface area contributed by atoms with E-state index in [0.29, 0.717) is 11.6 Å². The van der Waals surface area contributed by atoms with E-state index in [1.807, 2.05) is 32.2 Å². The molecule has 2 heterocycles. The Hall–Kier alpha value is -2.96. The lowest BCUT2D eigenvalue weighted by Gasteiger charge is -2.36. The standard InChI is InChI=1S/C19H20FN5O/c1-11-17-9-16(10-21-18(17)25(2)24-11)23-19(26)22-15-7-13(8-15)12-3-5-14(20)6-4-12/h3-6,9-10,13,15H,7-8H2,1-2H3,(H2,22,23,26). The highest BCUT2D eigenvalue weighted by atomic mass is 19.1. The van der Waals surface area contributed by atoms with Crippen LogP contribution in [0.2, 0.25) is 0 Å². The molecule has 6 nitrogen and oxygen atoms in total. The Morgan fingerprint density at radius 1 is 1.27 bits per heavy atom. The predicted octanol–water partition coefficient (Wildman–Crippen LogP) is 3.48. The second kappa shape index (κ2) is 6.40. The summed E-state index contributed by atoms with van der Waals surface area (Å²) >= 11 is 0. The lowest BCUT2D eigenvalue weighted by atomic mass is 9.76. The van der Waals surface area contributed by atoms with E-state index in [2.05, 4.69) is 20.7 Å². The smallest absolute Gasteiger partial charge is 0.319 e. The van der Waals surface area contributed by atoms with E-state index in [1.165, 1.54) is 12.1 Å². The van der Waals surface area contributed by atoms with Gasteiger partial charge in [0.05, 0.1) is 17.6 Å². The maximum atomic E-state index is 13.0. The summed E-state index contributed by atoms with van der Waals surface area (Å²) in [6.07, 6.45) is 3.35. The van der Waals surface area contributed by atoms with Crippen LogP contribution >= 0.6 is 0 Å². The topological polar surface area (TPSA) is 71.8 Å². The molecule has 1 aliphatic rings. The minimum atomic E-state index is -0.241. The lowest BCUT2D eigenvalue weighted by Crippen LogP contribution is -2.45. The fraction of sp³-hybridized carbons (Fsp3) is 0.316. The summed E-state index contributed by atoms with van der Waals surface area (Å²) in [5.74, 6) is 0.147. The van der Waals surface area contributed by atoms with E-state index < -0.39 is 0 Å². The van der Waals surface area contributed by atoms with E-state index in [4.69, 9.17) is 0 Å². The number of rotatable bonds is 3. The van der Waals surface area contributed by atoms with E-state index in [0.717, 1.165) is 35.1 Å². The third-order valence-electron chi connectivity index (χ3n) is 4.94. The van der Waals surface area contributed by atoms with Gasteiger partial charge in [0.1, 0.15) is 5.82 Å². The van der Waals surface area contributed by atoms with Crippen molar-refractivity contribution in [3.05, 3.63) is 53.6 Å². The summed E-state index contributed by atoms with van der Waals surface area (Å²) in [4.78, 5) is 16.6. The molecule has 1 fully saturated rings. The highest BCUT2D eigenvalue weighted by molar-refractivity contribution is 5.92. The molecule has 1 aromatic carbocycles. The number of aryl methyl sites for hydroxylation is 2. The number of urea groups is 1. The van der Waals surface area contributed by atoms with E-state index >= 15 is 0 Å². The molecule has 0 atom stereocenters. The van der Waals surface area contributed by atoms with Crippen LogP contribution in [0.15, 0.2) is 36.5 Å². The summed E-state index contributed by atoms with van der Waals surface area (Å²) in [5, 5.41) is 11.1. The molecule has 0 unspecified atom stereocenters. The number of carbonyl (C=O) groups is 1. The average molecular weight is 353 g/mol.